The molecule has 0 radical (unpaired) electrons. The van der Waals surface area contributed by atoms with Gasteiger partial charge in [0.05, 0.1) is 17.8 Å². The van der Waals surface area contributed by atoms with Gasteiger partial charge >= 0.3 is 7.12 Å². The molecule has 0 unspecified atom stereocenters. The van der Waals surface area contributed by atoms with E-state index in [-0.39, 0.29) is 18.3 Å². The molecule has 0 aromatic carbocycles. The first-order valence-corrected chi connectivity index (χ1v) is 5.95. The van der Waals surface area contributed by atoms with Crippen molar-refractivity contribution < 1.29 is 14.0 Å². The Balaban J connectivity index is 2.05. The molecule has 0 aliphatic carbocycles. The van der Waals surface area contributed by atoms with Crippen molar-refractivity contribution in [2.45, 2.75) is 45.3 Å². The van der Waals surface area contributed by atoms with Gasteiger partial charge in [0.25, 0.3) is 0 Å². The number of rotatable bonds is 2. The van der Waals surface area contributed by atoms with E-state index in [1.165, 1.54) is 0 Å². The second-order valence-corrected chi connectivity index (χ2v) is 5.72. The van der Waals surface area contributed by atoms with Crippen molar-refractivity contribution in [2.24, 2.45) is 5.92 Å². The van der Waals surface area contributed by atoms with Gasteiger partial charge in [-0.15, -0.1) is 6.58 Å². The lowest BCUT2D eigenvalue weighted by Crippen LogP contribution is -2.41. The van der Waals surface area contributed by atoms with E-state index in [1.54, 1.807) is 0 Å². The zero-order valence-corrected chi connectivity index (χ0v) is 10.7. The molecule has 0 aromatic heterocycles. The van der Waals surface area contributed by atoms with Crippen LogP contribution in [0.25, 0.3) is 0 Å². The molecule has 90 valence electrons. The molecular weight excluding hydrogens is 203 g/mol. The van der Waals surface area contributed by atoms with Gasteiger partial charge in [-0.2, -0.15) is 0 Å². The summed E-state index contributed by atoms with van der Waals surface area (Å²) in [5.41, 5.74) is 0.469. The van der Waals surface area contributed by atoms with E-state index < -0.39 is 0 Å². The Morgan fingerprint density at radius 2 is 1.75 bits per heavy atom. The molecule has 0 N–H and O–H groups in total. The highest BCUT2D eigenvalue weighted by molar-refractivity contribution is 6.54. The smallest absolute Gasteiger partial charge is 0.400 e. The fourth-order valence-corrected chi connectivity index (χ4v) is 2.01. The second-order valence-electron chi connectivity index (χ2n) is 5.72. The minimum Gasteiger partial charge on any atom is -0.400 e. The summed E-state index contributed by atoms with van der Waals surface area (Å²) in [4.78, 5) is 0. The van der Waals surface area contributed by atoms with Crippen molar-refractivity contribution in [3.05, 3.63) is 12.1 Å². The molecule has 3 nitrogen and oxygen atoms in total. The van der Waals surface area contributed by atoms with Gasteiger partial charge in [0.15, 0.2) is 0 Å². The van der Waals surface area contributed by atoms with Crippen LogP contribution >= 0.6 is 0 Å². The lowest BCUT2D eigenvalue weighted by Gasteiger charge is -2.32. The molecule has 2 fully saturated rings. The van der Waals surface area contributed by atoms with Gasteiger partial charge < -0.3 is 14.0 Å². The predicted octanol–water partition coefficient (Wildman–Crippen LogP) is 2.21. The van der Waals surface area contributed by atoms with Crippen LogP contribution in [0.1, 0.15) is 34.1 Å². The summed E-state index contributed by atoms with van der Waals surface area (Å²) >= 11 is 0. The van der Waals surface area contributed by atoms with E-state index >= 15 is 0 Å². The third kappa shape index (κ3) is 1.94. The van der Waals surface area contributed by atoms with Crippen LogP contribution in [0.2, 0.25) is 0 Å². The van der Waals surface area contributed by atoms with Crippen molar-refractivity contribution in [1.29, 1.82) is 0 Å². The van der Waals surface area contributed by atoms with Crippen molar-refractivity contribution in [1.82, 2.24) is 0 Å². The van der Waals surface area contributed by atoms with Gasteiger partial charge in [-0.05, 0) is 39.6 Å². The van der Waals surface area contributed by atoms with E-state index in [2.05, 4.69) is 34.3 Å². The minimum atomic E-state index is -0.281. The summed E-state index contributed by atoms with van der Waals surface area (Å²) in [5, 5.41) is 0. The molecule has 2 rings (SSSR count). The molecule has 2 saturated heterocycles. The number of ether oxygens (including phenoxy) is 1. The second kappa shape index (κ2) is 3.86. The van der Waals surface area contributed by atoms with Gasteiger partial charge in [-0.25, -0.2) is 0 Å². The quantitative estimate of drug-likeness (QED) is 0.673. The Kier molecular flexibility index (Phi) is 2.93. The molecule has 0 spiro atoms. The fraction of sp³-hybridized carbons (Fsp3) is 0.833. The van der Waals surface area contributed by atoms with Crippen LogP contribution in [0.4, 0.5) is 0 Å². The minimum absolute atomic E-state index is 0.278. The van der Waals surface area contributed by atoms with Crippen LogP contribution in [-0.4, -0.2) is 31.5 Å². The standard InChI is InChI=1S/C12H21BO3/c1-9(10-6-7-14-8-10)13-15-11(2,3)12(4,5)16-13/h10H,1,6-8H2,2-5H3/t10-/m0/s1. The van der Waals surface area contributed by atoms with E-state index in [0.29, 0.717) is 5.92 Å². The summed E-state index contributed by atoms with van der Waals surface area (Å²) < 4.78 is 17.3. The highest BCUT2D eigenvalue weighted by Crippen LogP contribution is 2.40. The first-order valence-electron chi connectivity index (χ1n) is 5.95. The molecule has 0 amide bonds. The summed E-state index contributed by atoms with van der Waals surface area (Å²) in [6, 6.07) is 0. The normalized spacial score (nSPS) is 32.0. The molecule has 0 saturated carbocycles. The fourth-order valence-electron chi connectivity index (χ4n) is 2.01. The Morgan fingerprint density at radius 3 is 2.19 bits per heavy atom. The molecule has 0 aromatic rings. The summed E-state index contributed by atoms with van der Waals surface area (Å²) in [6.07, 6.45) is 1.03. The van der Waals surface area contributed by atoms with Gasteiger partial charge in [-0.3, -0.25) is 0 Å². The first kappa shape index (κ1) is 12.2. The summed E-state index contributed by atoms with van der Waals surface area (Å²) in [6.45, 7) is 13.9. The number of hydrogen-bond acceptors (Lipinski definition) is 3. The van der Waals surface area contributed by atoms with Crippen molar-refractivity contribution in [2.75, 3.05) is 13.2 Å². The monoisotopic (exact) mass is 224 g/mol. The molecular formula is C12H21BO3. The Labute approximate surface area is 98.3 Å². The molecule has 2 aliphatic rings. The Bertz CT molecular complexity index is 277. The predicted molar refractivity (Wildman–Crippen MR) is 64.1 cm³/mol. The maximum atomic E-state index is 5.96. The van der Waals surface area contributed by atoms with Crippen LogP contribution < -0.4 is 0 Å². The topological polar surface area (TPSA) is 27.7 Å². The van der Waals surface area contributed by atoms with Gasteiger partial charge in [0.2, 0.25) is 0 Å². The zero-order valence-electron chi connectivity index (χ0n) is 10.7. The average Bonchev–Trinajstić information content (AvgIpc) is 2.72. The molecule has 2 aliphatic heterocycles. The van der Waals surface area contributed by atoms with E-state index in [0.717, 1.165) is 25.1 Å². The molecule has 2 heterocycles. The summed E-state index contributed by atoms with van der Waals surface area (Å²) in [7, 11) is -0.281. The van der Waals surface area contributed by atoms with Crippen LogP contribution in [0.15, 0.2) is 12.1 Å². The highest BCUT2D eigenvalue weighted by Gasteiger charge is 2.52. The average molecular weight is 224 g/mol. The molecule has 0 bridgehead atoms. The number of hydrogen-bond donors (Lipinski definition) is 0. The highest BCUT2D eigenvalue weighted by atomic mass is 16.7. The van der Waals surface area contributed by atoms with Crippen LogP contribution in [0.3, 0.4) is 0 Å². The third-order valence-corrected chi connectivity index (χ3v) is 4.01. The van der Waals surface area contributed by atoms with Gasteiger partial charge in [-0.1, -0.05) is 0 Å². The first-order chi connectivity index (χ1) is 7.33. The molecule has 1 atom stereocenters. The van der Waals surface area contributed by atoms with Gasteiger partial charge in [0, 0.05) is 12.5 Å². The summed E-state index contributed by atoms with van der Waals surface area (Å²) in [5.74, 6) is 0.384. The molecule has 16 heavy (non-hydrogen) atoms. The van der Waals surface area contributed by atoms with Crippen LogP contribution in [0, 0.1) is 5.92 Å². The maximum Gasteiger partial charge on any atom is 0.490 e. The SMILES string of the molecule is C=C(B1OC(C)(C)C(C)(C)O1)[C@H]1CCOC1. The lowest BCUT2D eigenvalue weighted by molar-refractivity contribution is 0.00578. The van der Waals surface area contributed by atoms with Crippen molar-refractivity contribution in [3.63, 3.8) is 0 Å². The van der Waals surface area contributed by atoms with E-state index in [9.17, 15) is 0 Å². The van der Waals surface area contributed by atoms with Crippen molar-refractivity contribution in [3.8, 4) is 0 Å². The van der Waals surface area contributed by atoms with Crippen molar-refractivity contribution >= 4 is 7.12 Å². The van der Waals surface area contributed by atoms with E-state index in [4.69, 9.17) is 14.0 Å². The third-order valence-electron chi connectivity index (χ3n) is 4.01. The molecule has 4 heteroatoms. The van der Waals surface area contributed by atoms with Gasteiger partial charge in [0.1, 0.15) is 0 Å². The zero-order chi connectivity index (χ0) is 12.0. The van der Waals surface area contributed by atoms with Crippen LogP contribution in [0.5, 0.6) is 0 Å². The van der Waals surface area contributed by atoms with E-state index in [1.807, 2.05) is 0 Å². The lowest BCUT2D eigenvalue weighted by atomic mass is 9.71. The largest absolute Gasteiger partial charge is 0.490 e. The maximum absolute atomic E-state index is 5.96. The Morgan fingerprint density at radius 1 is 1.19 bits per heavy atom. The Hall–Kier alpha value is -0.315. The van der Waals surface area contributed by atoms with Crippen LogP contribution in [-0.2, 0) is 14.0 Å².